The van der Waals surface area contributed by atoms with Gasteiger partial charge in [-0.15, -0.1) is 11.3 Å². The molecule has 2 rings (SSSR count). The van der Waals surface area contributed by atoms with E-state index in [0.29, 0.717) is 5.56 Å². The first kappa shape index (κ1) is 21.1. The fourth-order valence-corrected chi connectivity index (χ4v) is 3.28. The third-order valence-corrected chi connectivity index (χ3v) is 4.65. The Labute approximate surface area is 164 Å². The van der Waals surface area contributed by atoms with Crippen LogP contribution in [0.1, 0.15) is 38.1 Å². The Morgan fingerprint density at radius 1 is 1.21 bits per heavy atom. The molecule has 0 saturated heterocycles. The van der Waals surface area contributed by atoms with Crippen molar-refractivity contribution >= 4 is 40.3 Å². The van der Waals surface area contributed by atoms with Crippen molar-refractivity contribution in [1.29, 1.82) is 0 Å². The van der Waals surface area contributed by atoms with Crippen molar-refractivity contribution in [1.82, 2.24) is 5.32 Å². The number of carbonyl (C=O) groups excluding carboxylic acids is 3. The minimum Gasteiger partial charge on any atom is -0.462 e. The molecule has 2 aromatic rings. The number of halogens is 1. The molecule has 1 amide bonds. The number of thiophene rings is 1. The number of hydrogen-bond acceptors (Lipinski definition) is 7. The molecule has 7 nitrogen and oxygen atoms in total. The number of hydrogen-bond donors (Lipinski definition) is 2. The molecule has 0 aliphatic heterocycles. The van der Waals surface area contributed by atoms with Crippen LogP contribution in [0.5, 0.6) is 0 Å². The minimum absolute atomic E-state index is 0.0146. The summed E-state index contributed by atoms with van der Waals surface area (Å²) in [6, 6.07) is 5.53. The zero-order chi connectivity index (χ0) is 20.7. The van der Waals surface area contributed by atoms with Crippen molar-refractivity contribution in [2.24, 2.45) is 0 Å². The van der Waals surface area contributed by atoms with Crippen LogP contribution in [0.4, 0.5) is 9.39 Å². The summed E-state index contributed by atoms with van der Waals surface area (Å²) in [6.07, 6.45) is 2.61. The van der Waals surface area contributed by atoms with E-state index in [-0.39, 0.29) is 40.0 Å². The van der Waals surface area contributed by atoms with Crippen LogP contribution in [-0.2, 0) is 20.9 Å². The molecular weight excluding hydrogens is 387 g/mol. The van der Waals surface area contributed by atoms with Crippen LogP contribution in [0, 0.1) is 5.82 Å². The van der Waals surface area contributed by atoms with Gasteiger partial charge in [0.05, 0.1) is 6.61 Å². The van der Waals surface area contributed by atoms with Crippen molar-refractivity contribution in [2.75, 3.05) is 19.4 Å². The molecule has 0 aliphatic rings. The normalized spacial score (nSPS) is 10.7. The number of nitrogens with one attached hydrogen (secondary N) is 1. The molecular formula is C19H19FN2O5S. The second-order valence-electron chi connectivity index (χ2n) is 5.44. The SMILES string of the molecule is CCOC(=O)c1c(N)sc(C(=O)NC)c1COC(=O)/C=C/c1ccc(F)cc1. The van der Waals surface area contributed by atoms with Gasteiger partial charge in [-0.25, -0.2) is 14.0 Å². The summed E-state index contributed by atoms with van der Waals surface area (Å²) < 4.78 is 23.0. The van der Waals surface area contributed by atoms with E-state index < -0.39 is 17.8 Å². The highest BCUT2D eigenvalue weighted by Gasteiger charge is 2.27. The fraction of sp³-hybridized carbons (Fsp3) is 0.211. The second kappa shape index (κ2) is 9.65. The molecule has 9 heteroatoms. The van der Waals surface area contributed by atoms with Gasteiger partial charge in [-0.3, -0.25) is 4.79 Å². The molecule has 0 radical (unpaired) electrons. The van der Waals surface area contributed by atoms with Gasteiger partial charge in [-0.2, -0.15) is 0 Å². The third-order valence-electron chi connectivity index (χ3n) is 3.59. The van der Waals surface area contributed by atoms with Gasteiger partial charge >= 0.3 is 11.9 Å². The number of nitrogen functional groups attached to an aromatic ring is 1. The van der Waals surface area contributed by atoms with E-state index in [0.717, 1.165) is 17.4 Å². The Morgan fingerprint density at radius 3 is 2.50 bits per heavy atom. The lowest BCUT2D eigenvalue weighted by molar-refractivity contribution is -0.138. The van der Waals surface area contributed by atoms with Gasteiger partial charge in [0.25, 0.3) is 5.91 Å². The number of carbonyl (C=O) groups is 3. The Hall–Kier alpha value is -3.20. The maximum absolute atomic E-state index is 12.9. The van der Waals surface area contributed by atoms with Crippen LogP contribution in [0.3, 0.4) is 0 Å². The van der Waals surface area contributed by atoms with Crippen LogP contribution in [0.15, 0.2) is 30.3 Å². The first-order valence-corrected chi connectivity index (χ1v) is 9.09. The molecule has 0 aliphatic carbocycles. The summed E-state index contributed by atoms with van der Waals surface area (Å²) in [4.78, 5) is 36.4. The van der Waals surface area contributed by atoms with Crippen LogP contribution in [-0.4, -0.2) is 31.5 Å². The Morgan fingerprint density at radius 2 is 1.89 bits per heavy atom. The minimum atomic E-state index is -0.702. The lowest BCUT2D eigenvalue weighted by Crippen LogP contribution is -2.19. The van der Waals surface area contributed by atoms with Gasteiger partial charge in [0.2, 0.25) is 0 Å². The highest BCUT2D eigenvalue weighted by Crippen LogP contribution is 2.32. The van der Waals surface area contributed by atoms with Gasteiger partial charge in [0.15, 0.2) is 0 Å². The Bertz CT molecular complexity index is 906. The quantitative estimate of drug-likeness (QED) is 0.541. The van der Waals surface area contributed by atoms with Crippen LogP contribution in [0.25, 0.3) is 6.08 Å². The van der Waals surface area contributed by atoms with Gasteiger partial charge in [0.1, 0.15) is 27.9 Å². The van der Waals surface area contributed by atoms with Crippen molar-refractivity contribution in [3.63, 3.8) is 0 Å². The largest absolute Gasteiger partial charge is 0.462 e. The topological polar surface area (TPSA) is 108 Å². The number of amides is 1. The summed E-state index contributed by atoms with van der Waals surface area (Å²) in [5, 5.41) is 2.55. The average Bonchev–Trinajstić information content (AvgIpc) is 3.01. The van der Waals surface area contributed by atoms with E-state index in [9.17, 15) is 18.8 Å². The number of esters is 2. The van der Waals surface area contributed by atoms with E-state index in [4.69, 9.17) is 15.2 Å². The maximum atomic E-state index is 12.9. The van der Waals surface area contributed by atoms with Crippen molar-refractivity contribution < 1.29 is 28.2 Å². The van der Waals surface area contributed by atoms with E-state index in [1.54, 1.807) is 6.92 Å². The lowest BCUT2D eigenvalue weighted by Gasteiger charge is -2.07. The first-order valence-electron chi connectivity index (χ1n) is 8.28. The molecule has 1 aromatic carbocycles. The van der Waals surface area contributed by atoms with Crippen LogP contribution < -0.4 is 11.1 Å². The molecule has 0 unspecified atom stereocenters. The van der Waals surface area contributed by atoms with Crippen LogP contribution >= 0.6 is 11.3 Å². The molecule has 3 N–H and O–H groups in total. The molecule has 0 saturated carbocycles. The number of nitrogens with two attached hydrogens (primary N) is 1. The molecule has 1 aromatic heterocycles. The summed E-state index contributed by atoms with van der Waals surface area (Å²) >= 11 is 0.911. The molecule has 148 valence electrons. The summed E-state index contributed by atoms with van der Waals surface area (Å²) in [5.41, 5.74) is 6.68. The summed E-state index contributed by atoms with van der Waals surface area (Å²) in [5.74, 6) is -2.24. The molecule has 0 bridgehead atoms. The number of anilines is 1. The van der Waals surface area contributed by atoms with E-state index in [2.05, 4.69) is 5.32 Å². The van der Waals surface area contributed by atoms with E-state index in [1.165, 1.54) is 37.4 Å². The Balaban J connectivity index is 2.19. The first-order chi connectivity index (χ1) is 13.4. The van der Waals surface area contributed by atoms with E-state index in [1.807, 2.05) is 0 Å². The lowest BCUT2D eigenvalue weighted by atomic mass is 10.1. The number of benzene rings is 1. The Kier molecular flexibility index (Phi) is 7.28. The highest BCUT2D eigenvalue weighted by molar-refractivity contribution is 7.18. The third kappa shape index (κ3) is 5.17. The molecule has 1 heterocycles. The predicted molar refractivity (Wildman–Crippen MR) is 103 cm³/mol. The zero-order valence-electron chi connectivity index (χ0n) is 15.3. The van der Waals surface area contributed by atoms with Gasteiger partial charge < -0.3 is 20.5 Å². The fourth-order valence-electron chi connectivity index (χ4n) is 2.28. The second-order valence-corrected chi connectivity index (χ2v) is 6.49. The van der Waals surface area contributed by atoms with Crippen molar-refractivity contribution in [3.05, 3.63) is 57.7 Å². The summed E-state index contributed by atoms with van der Waals surface area (Å²) in [7, 11) is 1.43. The number of rotatable bonds is 7. The van der Waals surface area contributed by atoms with Gasteiger partial charge in [-0.05, 0) is 30.7 Å². The molecule has 0 fully saturated rings. The molecule has 0 spiro atoms. The highest BCUT2D eigenvalue weighted by atomic mass is 32.1. The zero-order valence-corrected chi connectivity index (χ0v) is 16.1. The predicted octanol–water partition coefficient (Wildman–Crippen LogP) is 2.76. The van der Waals surface area contributed by atoms with Gasteiger partial charge in [-0.1, -0.05) is 12.1 Å². The average molecular weight is 406 g/mol. The van der Waals surface area contributed by atoms with Crippen molar-refractivity contribution in [2.45, 2.75) is 13.5 Å². The maximum Gasteiger partial charge on any atom is 0.341 e. The molecule has 28 heavy (non-hydrogen) atoms. The van der Waals surface area contributed by atoms with Gasteiger partial charge in [0, 0.05) is 18.7 Å². The monoisotopic (exact) mass is 406 g/mol. The van der Waals surface area contributed by atoms with Crippen LogP contribution in [0.2, 0.25) is 0 Å². The smallest absolute Gasteiger partial charge is 0.341 e. The van der Waals surface area contributed by atoms with Crippen molar-refractivity contribution in [3.8, 4) is 0 Å². The standard InChI is InChI=1S/C19H19FN2O5S/c1-3-26-19(25)15-13(16(18(24)22-2)28-17(15)21)10-27-14(23)9-6-11-4-7-12(20)8-5-11/h4-9H,3,10,21H2,1-2H3,(H,22,24)/b9-6+. The number of ether oxygens (including phenoxy) is 2. The van der Waals surface area contributed by atoms with E-state index >= 15 is 0 Å². The summed E-state index contributed by atoms with van der Waals surface area (Å²) in [6.45, 7) is 1.43. The molecule has 0 atom stereocenters.